The molecule has 0 radical (unpaired) electrons. The van der Waals surface area contributed by atoms with Crippen molar-refractivity contribution in [2.45, 2.75) is 0 Å². The molecule has 2 aromatic heterocycles. The molecule has 17 heavy (non-hydrogen) atoms. The molecule has 0 fully saturated rings. The molecule has 84 valence electrons. The molecular formula is C13H8ClNOS. The van der Waals surface area contributed by atoms with Crippen molar-refractivity contribution >= 4 is 33.8 Å². The standard InChI is InChI=1S/C13H8ClNOS/c14-10-8-12(13-6-3-7-17-13)15(16)11-5-2-1-4-9(10)11/h1-8H. The molecule has 0 aliphatic rings. The van der Waals surface area contributed by atoms with Gasteiger partial charge in [0.25, 0.3) is 0 Å². The van der Waals surface area contributed by atoms with Crippen LogP contribution in [-0.2, 0) is 0 Å². The smallest absolute Gasteiger partial charge is 0.235 e. The monoisotopic (exact) mass is 261 g/mol. The van der Waals surface area contributed by atoms with Crippen molar-refractivity contribution in [1.82, 2.24) is 0 Å². The fraction of sp³-hybridized carbons (Fsp3) is 0. The van der Waals surface area contributed by atoms with Gasteiger partial charge >= 0.3 is 0 Å². The molecule has 0 amide bonds. The Bertz CT molecular complexity index is 679. The van der Waals surface area contributed by atoms with Gasteiger partial charge in [-0.1, -0.05) is 29.8 Å². The summed E-state index contributed by atoms with van der Waals surface area (Å²) >= 11 is 7.73. The van der Waals surface area contributed by atoms with E-state index in [1.807, 2.05) is 35.7 Å². The molecule has 0 bridgehead atoms. The number of fused-ring (bicyclic) bond motifs is 1. The van der Waals surface area contributed by atoms with Crippen LogP contribution in [0.3, 0.4) is 0 Å². The zero-order valence-electron chi connectivity index (χ0n) is 8.76. The van der Waals surface area contributed by atoms with E-state index < -0.39 is 0 Å². The van der Waals surface area contributed by atoms with Crippen molar-refractivity contribution in [1.29, 1.82) is 0 Å². The van der Waals surface area contributed by atoms with Crippen LogP contribution in [0.1, 0.15) is 0 Å². The Balaban J connectivity index is 2.39. The highest BCUT2D eigenvalue weighted by Gasteiger charge is 2.16. The third kappa shape index (κ3) is 1.68. The zero-order chi connectivity index (χ0) is 11.8. The predicted molar refractivity (Wildman–Crippen MR) is 71.2 cm³/mol. The summed E-state index contributed by atoms with van der Waals surface area (Å²) < 4.78 is 0.938. The summed E-state index contributed by atoms with van der Waals surface area (Å²) in [4.78, 5) is 0.924. The van der Waals surface area contributed by atoms with E-state index in [1.54, 1.807) is 12.1 Å². The Hall–Kier alpha value is -1.58. The lowest BCUT2D eigenvalue weighted by molar-refractivity contribution is -0.564. The molecule has 0 aliphatic heterocycles. The van der Waals surface area contributed by atoms with Crippen LogP contribution < -0.4 is 4.73 Å². The summed E-state index contributed by atoms with van der Waals surface area (Å²) in [5.74, 6) is 0. The minimum atomic E-state index is 0.600. The molecule has 0 aliphatic carbocycles. The van der Waals surface area contributed by atoms with E-state index in [0.717, 1.165) is 15.0 Å². The van der Waals surface area contributed by atoms with Crippen LogP contribution >= 0.6 is 22.9 Å². The second kappa shape index (κ2) is 4.02. The lowest BCUT2D eigenvalue weighted by Crippen LogP contribution is -2.29. The Morgan fingerprint density at radius 3 is 2.71 bits per heavy atom. The summed E-state index contributed by atoms with van der Waals surface area (Å²) in [5, 5.41) is 15.6. The summed E-state index contributed by atoms with van der Waals surface area (Å²) in [6, 6.07) is 12.9. The van der Waals surface area contributed by atoms with E-state index in [0.29, 0.717) is 16.2 Å². The van der Waals surface area contributed by atoms with Gasteiger partial charge in [-0.2, -0.15) is 4.73 Å². The Morgan fingerprint density at radius 1 is 1.12 bits per heavy atom. The van der Waals surface area contributed by atoms with E-state index in [4.69, 9.17) is 11.6 Å². The Labute approximate surface area is 107 Å². The van der Waals surface area contributed by atoms with Gasteiger partial charge in [-0.3, -0.25) is 0 Å². The van der Waals surface area contributed by atoms with Crippen LogP contribution in [0.4, 0.5) is 0 Å². The van der Waals surface area contributed by atoms with Gasteiger partial charge in [-0.15, -0.1) is 11.3 Å². The van der Waals surface area contributed by atoms with Crippen LogP contribution in [0.25, 0.3) is 21.5 Å². The SMILES string of the molecule is [O-][n+]1c(-c2cccs2)cc(Cl)c2ccccc21. The number of halogens is 1. The molecule has 1 aromatic carbocycles. The van der Waals surface area contributed by atoms with E-state index >= 15 is 0 Å². The Kier molecular flexibility index (Phi) is 2.50. The molecule has 3 rings (SSSR count). The van der Waals surface area contributed by atoms with Crippen molar-refractivity contribution in [3.63, 3.8) is 0 Å². The average Bonchev–Trinajstić information content (AvgIpc) is 2.87. The second-order valence-electron chi connectivity index (χ2n) is 3.67. The topological polar surface area (TPSA) is 26.9 Å². The van der Waals surface area contributed by atoms with Crippen LogP contribution in [-0.4, -0.2) is 0 Å². The number of benzene rings is 1. The minimum absolute atomic E-state index is 0.600. The van der Waals surface area contributed by atoms with Crippen molar-refractivity contribution < 1.29 is 4.73 Å². The van der Waals surface area contributed by atoms with Crippen LogP contribution in [0, 0.1) is 5.21 Å². The highest BCUT2D eigenvalue weighted by molar-refractivity contribution is 7.13. The molecule has 4 heteroatoms. The normalized spacial score (nSPS) is 10.9. The van der Waals surface area contributed by atoms with Crippen LogP contribution in [0.15, 0.2) is 47.8 Å². The zero-order valence-corrected chi connectivity index (χ0v) is 10.3. The molecule has 3 aromatic rings. The number of nitrogens with zero attached hydrogens (tertiary/aromatic N) is 1. The molecule has 0 saturated carbocycles. The van der Waals surface area contributed by atoms with Crippen molar-refractivity contribution in [3.05, 3.63) is 58.1 Å². The first-order valence-electron chi connectivity index (χ1n) is 5.12. The number of pyridine rings is 1. The van der Waals surface area contributed by atoms with Gasteiger partial charge in [-0.25, -0.2) is 0 Å². The highest BCUT2D eigenvalue weighted by atomic mass is 35.5. The number of aromatic nitrogens is 1. The van der Waals surface area contributed by atoms with E-state index in [1.165, 1.54) is 11.3 Å². The lowest BCUT2D eigenvalue weighted by Gasteiger charge is -2.07. The van der Waals surface area contributed by atoms with Gasteiger partial charge in [0.05, 0.1) is 15.3 Å². The quantitative estimate of drug-likeness (QED) is 0.483. The fourth-order valence-corrected chi connectivity index (χ4v) is 2.82. The number of thiophene rings is 1. The van der Waals surface area contributed by atoms with Gasteiger partial charge in [0.1, 0.15) is 0 Å². The van der Waals surface area contributed by atoms with Gasteiger partial charge in [0.2, 0.25) is 11.2 Å². The largest absolute Gasteiger partial charge is 0.618 e. The third-order valence-corrected chi connectivity index (χ3v) is 3.84. The average molecular weight is 262 g/mol. The van der Waals surface area contributed by atoms with E-state index in [-0.39, 0.29) is 0 Å². The third-order valence-electron chi connectivity index (χ3n) is 2.64. The number of rotatable bonds is 1. The van der Waals surface area contributed by atoms with Crippen molar-refractivity contribution in [3.8, 4) is 10.6 Å². The maximum atomic E-state index is 12.2. The van der Waals surface area contributed by atoms with Crippen molar-refractivity contribution in [2.75, 3.05) is 0 Å². The number of hydrogen-bond acceptors (Lipinski definition) is 2. The van der Waals surface area contributed by atoms with E-state index in [2.05, 4.69) is 0 Å². The molecule has 0 unspecified atom stereocenters. The van der Waals surface area contributed by atoms with Gasteiger partial charge < -0.3 is 5.21 Å². The molecular weight excluding hydrogens is 254 g/mol. The predicted octanol–water partition coefficient (Wildman–Crippen LogP) is 3.86. The molecule has 2 nitrogen and oxygen atoms in total. The molecule has 0 N–H and O–H groups in total. The maximum absolute atomic E-state index is 12.2. The summed E-state index contributed by atoms with van der Waals surface area (Å²) in [6.45, 7) is 0. The van der Waals surface area contributed by atoms with Gasteiger partial charge in [0.15, 0.2) is 0 Å². The van der Waals surface area contributed by atoms with E-state index in [9.17, 15) is 5.21 Å². The van der Waals surface area contributed by atoms with Gasteiger partial charge in [-0.05, 0) is 17.5 Å². The van der Waals surface area contributed by atoms with Crippen LogP contribution in [0.5, 0.6) is 0 Å². The summed E-state index contributed by atoms with van der Waals surface area (Å²) in [5.41, 5.74) is 1.20. The first-order valence-corrected chi connectivity index (χ1v) is 6.38. The van der Waals surface area contributed by atoms with Crippen molar-refractivity contribution in [2.24, 2.45) is 0 Å². The summed E-state index contributed by atoms with van der Waals surface area (Å²) in [7, 11) is 0. The maximum Gasteiger partial charge on any atom is 0.235 e. The first kappa shape index (κ1) is 10.6. The lowest BCUT2D eigenvalue weighted by atomic mass is 10.2. The second-order valence-corrected chi connectivity index (χ2v) is 5.02. The minimum Gasteiger partial charge on any atom is -0.618 e. The van der Waals surface area contributed by atoms with Crippen LogP contribution in [0.2, 0.25) is 5.02 Å². The fourth-order valence-electron chi connectivity index (χ4n) is 1.83. The summed E-state index contributed by atoms with van der Waals surface area (Å²) in [6.07, 6.45) is 0. The number of hydrogen-bond donors (Lipinski definition) is 0. The molecule has 0 saturated heterocycles. The first-order chi connectivity index (χ1) is 8.27. The van der Waals surface area contributed by atoms with Gasteiger partial charge in [0, 0.05) is 12.1 Å². The Morgan fingerprint density at radius 2 is 1.94 bits per heavy atom. The molecule has 2 heterocycles. The highest BCUT2D eigenvalue weighted by Crippen LogP contribution is 2.28. The number of para-hydroxylation sites is 1. The molecule has 0 atom stereocenters. The molecule has 0 spiro atoms.